The van der Waals surface area contributed by atoms with Crippen LogP contribution in [0.2, 0.25) is 0 Å². The summed E-state index contributed by atoms with van der Waals surface area (Å²) in [4.78, 5) is 17.0. The number of amides is 1. The van der Waals surface area contributed by atoms with Crippen molar-refractivity contribution in [1.82, 2.24) is 10.3 Å². The Kier molecular flexibility index (Phi) is 5.38. The summed E-state index contributed by atoms with van der Waals surface area (Å²) in [5.74, 6) is 1.40. The van der Waals surface area contributed by atoms with Gasteiger partial charge in [-0.25, -0.2) is 0 Å². The van der Waals surface area contributed by atoms with Gasteiger partial charge in [0.2, 0.25) is 0 Å². The average Bonchev–Trinajstić information content (AvgIpc) is 3.18. The first kappa shape index (κ1) is 18.5. The third-order valence-electron chi connectivity index (χ3n) is 4.47. The summed E-state index contributed by atoms with van der Waals surface area (Å²) in [7, 11) is 0. The zero-order chi connectivity index (χ0) is 20.1. The summed E-state index contributed by atoms with van der Waals surface area (Å²) in [5.41, 5.74) is 4.24. The molecule has 1 amide bonds. The predicted octanol–water partition coefficient (Wildman–Crippen LogP) is 5.32. The highest BCUT2D eigenvalue weighted by molar-refractivity contribution is 5.95. The van der Waals surface area contributed by atoms with Gasteiger partial charge in [-0.15, -0.1) is 0 Å². The second-order valence-corrected chi connectivity index (χ2v) is 6.70. The minimum absolute atomic E-state index is 0.153. The molecule has 0 radical (unpaired) electrons. The summed E-state index contributed by atoms with van der Waals surface area (Å²) in [6, 6.07) is 25.1. The summed E-state index contributed by atoms with van der Waals surface area (Å²) in [5, 5.41) is 6.17. The Morgan fingerprint density at radius 3 is 2.52 bits per heavy atom. The zero-order valence-corrected chi connectivity index (χ0v) is 16.1. The van der Waals surface area contributed by atoms with Gasteiger partial charge in [-0.1, -0.05) is 36.4 Å². The number of aromatic nitrogens is 1. The monoisotopic (exact) mass is 383 g/mol. The Labute approximate surface area is 169 Å². The Morgan fingerprint density at radius 2 is 1.79 bits per heavy atom. The number of anilines is 2. The largest absolute Gasteiger partial charge is 0.465 e. The van der Waals surface area contributed by atoms with Crippen molar-refractivity contribution in [3.05, 3.63) is 102 Å². The molecule has 2 N–H and O–H groups in total. The van der Waals surface area contributed by atoms with E-state index in [1.54, 1.807) is 12.3 Å². The molecule has 5 heteroatoms. The number of pyridine rings is 1. The molecule has 0 saturated carbocycles. The van der Waals surface area contributed by atoms with Gasteiger partial charge in [0.15, 0.2) is 0 Å². The summed E-state index contributed by atoms with van der Waals surface area (Å²) >= 11 is 0. The Balaban J connectivity index is 1.41. The molecule has 5 nitrogen and oxygen atoms in total. The van der Waals surface area contributed by atoms with Crippen molar-refractivity contribution in [3.8, 4) is 11.3 Å². The number of benzene rings is 2. The lowest BCUT2D eigenvalue weighted by atomic mass is 10.1. The number of hydrogen-bond donors (Lipinski definition) is 2. The first-order valence-electron chi connectivity index (χ1n) is 9.39. The standard InChI is InChI=1S/C24H21N3O2/c1-17-10-12-22(29-17)16-26-24(28)19-8-5-9-20(14-19)27-21-11-13-23(25-15-21)18-6-3-2-4-7-18/h2-15,27H,16H2,1H3,(H,26,28). The van der Waals surface area contributed by atoms with Crippen LogP contribution in [-0.4, -0.2) is 10.9 Å². The van der Waals surface area contributed by atoms with Gasteiger partial charge in [-0.2, -0.15) is 0 Å². The van der Waals surface area contributed by atoms with Crippen LogP contribution in [0.1, 0.15) is 21.9 Å². The molecule has 4 aromatic rings. The highest BCUT2D eigenvalue weighted by Gasteiger charge is 2.08. The third kappa shape index (κ3) is 4.71. The molecule has 29 heavy (non-hydrogen) atoms. The van der Waals surface area contributed by atoms with E-state index in [1.807, 2.05) is 79.7 Å². The van der Waals surface area contributed by atoms with Crippen molar-refractivity contribution >= 4 is 17.3 Å². The van der Waals surface area contributed by atoms with Gasteiger partial charge in [-0.3, -0.25) is 9.78 Å². The van der Waals surface area contributed by atoms with Crippen LogP contribution in [0, 0.1) is 6.92 Å². The Morgan fingerprint density at radius 1 is 0.931 bits per heavy atom. The number of nitrogens with zero attached hydrogens (tertiary/aromatic N) is 1. The van der Waals surface area contributed by atoms with Gasteiger partial charge in [0.05, 0.1) is 24.1 Å². The first-order chi connectivity index (χ1) is 14.2. The van der Waals surface area contributed by atoms with Crippen molar-refractivity contribution in [3.63, 3.8) is 0 Å². The molecule has 0 aliphatic carbocycles. The van der Waals surface area contributed by atoms with Crippen LogP contribution in [0.25, 0.3) is 11.3 Å². The SMILES string of the molecule is Cc1ccc(CNC(=O)c2cccc(Nc3ccc(-c4ccccc4)nc3)c2)o1. The smallest absolute Gasteiger partial charge is 0.251 e. The van der Waals surface area contributed by atoms with E-state index in [-0.39, 0.29) is 5.91 Å². The quantitative estimate of drug-likeness (QED) is 0.473. The maximum atomic E-state index is 12.4. The number of hydrogen-bond acceptors (Lipinski definition) is 4. The number of carbonyl (C=O) groups is 1. The van der Waals surface area contributed by atoms with Gasteiger partial charge in [-0.05, 0) is 49.4 Å². The minimum atomic E-state index is -0.153. The van der Waals surface area contributed by atoms with Crippen LogP contribution in [0.4, 0.5) is 11.4 Å². The van der Waals surface area contributed by atoms with Crippen molar-refractivity contribution in [2.75, 3.05) is 5.32 Å². The lowest BCUT2D eigenvalue weighted by Crippen LogP contribution is -2.22. The second-order valence-electron chi connectivity index (χ2n) is 6.70. The number of carbonyl (C=O) groups excluding carboxylic acids is 1. The van der Waals surface area contributed by atoms with Gasteiger partial charge in [0, 0.05) is 16.8 Å². The maximum Gasteiger partial charge on any atom is 0.251 e. The van der Waals surface area contributed by atoms with E-state index in [0.717, 1.165) is 34.2 Å². The van der Waals surface area contributed by atoms with Crippen molar-refractivity contribution < 1.29 is 9.21 Å². The predicted molar refractivity (Wildman–Crippen MR) is 114 cm³/mol. The van der Waals surface area contributed by atoms with Crippen LogP contribution < -0.4 is 10.6 Å². The highest BCUT2D eigenvalue weighted by atomic mass is 16.3. The fraction of sp³-hybridized carbons (Fsp3) is 0.0833. The minimum Gasteiger partial charge on any atom is -0.465 e. The van der Waals surface area contributed by atoms with E-state index >= 15 is 0 Å². The molecule has 0 atom stereocenters. The van der Waals surface area contributed by atoms with E-state index < -0.39 is 0 Å². The van der Waals surface area contributed by atoms with Crippen LogP contribution >= 0.6 is 0 Å². The molecule has 4 rings (SSSR count). The first-order valence-corrected chi connectivity index (χ1v) is 9.39. The van der Waals surface area contributed by atoms with Crippen molar-refractivity contribution in [2.24, 2.45) is 0 Å². The Bertz CT molecular complexity index is 1100. The van der Waals surface area contributed by atoms with E-state index in [1.165, 1.54) is 0 Å². The van der Waals surface area contributed by atoms with E-state index in [4.69, 9.17) is 4.42 Å². The van der Waals surface area contributed by atoms with E-state index in [0.29, 0.717) is 12.1 Å². The lowest BCUT2D eigenvalue weighted by Gasteiger charge is -2.09. The molecular formula is C24H21N3O2. The zero-order valence-electron chi connectivity index (χ0n) is 16.1. The molecule has 144 valence electrons. The van der Waals surface area contributed by atoms with E-state index in [9.17, 15) is 4.79 Å². The molecular weight excluding hydrogens is 362 g/mol. The maximum absolute atomic E-state index is 12.4. The van der Waals surface area contributed by atoms with Crippen LogP contribution in [0.5, 0.6) is 0 Å². The molecule has 2 aromatic heterocycles. The molecule has 2 aromatic carbocycles. The molecule has 0 aliphatic heterocycles. The molecule has 0 saturated heterocycles. The number of aryl methyl sites for hydroxylation is 1. The fourth-order valence-corrected chi connectivity index (χ4v) is 3.00. The summed E-state index contributed by atoms with van der Waals surface area (Å²) in [6.45, 7) is 2.23. The summed E-state index contributed by atoms with van der Waals surface area (Å²) < 4.78 is 5.48. The van der Waals surface area contributed by atoms with Crippen molar-refractivity contribution in [1.29, 1.82) is 0 Å². The molecule has 0 bridgehead atoms. The second kappa shape index (κ2) is 8.44. The third-order valence-corrected chi connectivity index (χ3v) is 4.47. The number of rotatable bonds is 6. The normalized spacial score (nSPS) is 10.5. The van der Waals surface area contributed by atoms with Crippen LogP contribution in [0.3, 0.4) is 0 Å². The van der Waals surface area contributed by atoms with Crippen molar-refractivity contribution in [2.45, 2.75) is 13.5 Å². The number of nitrogens with one attached hydrogen (secondary N) is 2. The van der Waals surface area contributed by atoms with Gasteiger partial charge < -0.3 is 15.1 Å². The molecule has 0 aliphatic rings. The lowest BCUT2D eigenvalue weighted by molar-refractivity contribution is 0.0948. The van der Waals surface area contributed by atoms with Gasteiger partial charge in [0.25, 0.3) is 5.91 Å². The molecule has 0 spiro atoms. The topological polar surface area (TPSA) is 67.2 Å². The molecule has 0 unspecified atom stereocenters. The fourth-order valence-electron chi connectivity index (χ4n) is 3.00. The van der Waals surface area contributed by atoms with Gasteiger partial charge in [0.1, 0.15) is 11.5 Å². The Hall–Kier alpha value is -3.86. The highest BCUT2D eigenvalue weighted by Crippen LogP contribution is 2.21. The summed E-state index contributed by atoms with van der Waals surface area (Å²) in [6.07, 6.45) is 1.79. The van der Waals surface area contributed by atoms with E-state index in [2.05, 4.69) is 15.6 Å². The molecule has 0 fully saturated rings. The van der Waals surface area contributed by atoms with Crippen LogP contribution in [-0.2, 0) is 6.54 Å². The van der Waals surface area contributed by atoms with Crippen LogP contribution in [0.15, 0.2) is 89.5 Å². The van der Waals surface area contributed by atoms with Gasteiger partial charge >= 0.3 is 0 Å². The average molecular weight is 383 g/mol. The number of furan rings is 1. The molecule has 2 heterocycles.